The molecule has 0 saturated carbocycles. The van der Waals surface area contributed by atoms with Crippen LogP contribution in [0, 0.1) is 15.9 Å². The van der Waals surface area contributed by atoms with E-state index in [1.54, 1.807) is 16.7 Å². The minimum Gasteiger partial charge on any atom is -0.313 e. The Bertz CT molecular complexity index is 1070. The van der Waals surface area contributed by atoms with Crippen LogP contribution in [-0.2, 0) is 17.8 Å². The van der Waals surface area contributed by atoms with Gasteiger partial charge in [-0.15, -0.1) is 6.58 Å². The molecule has 0 atom stereocenters. The van der Waals surface area contributed by atoms with Gasteiger partial charge in [0.15, 0.2) is 4.80 Å². The number of thiazole rings is 1. The molecule has 0 radical (unpaired) electrons. The number of aromatic nitrogens is 1. The normalized spacial score (nSPS) is 11.7. The lowest BCUT2D eigenvalue weighted by atomic mass is 10.1. The number of hydrogen-bond acceptors (Lipinski definition) is 4. The van der Waals surface area contributed by atoms with E-state index in [4.69, 9.17) is 0 Å². The average molecular weight is 371 g/mol. The first-order chi connectivity index (χ1) is 12.5. The van der Waals surface area contributed by atoms with Crippen molar-refractivity contribution in [1.82, 2.24) is 4.57 Å². The predicted molar refractivity (Wildman–Crippen MR) is 97.3 cm³/mol. The molecule has 1 amide bonds. The molecule has 3 rings (SSSR count). The quantitative estimate of drug-likeness (QED) is 0.390. The highest BCUT2D eigenvalue weighted by atomic mass is 32.1. The van der Waals surface area contributed by atoms with Gasteiger partial charge >= 0.3 is 0 Å². The maximum absolute atomic E-state index is 13.4. The molecule has 0 N–H and O–H groups in total. The summed E-state index contributed by atoms with van der Waals surface area (Å²) in [5.41, 5.74) is 1.37. The molecule has 132 valence electrons. The number of nitrogens with zero attached hydrogens (tertiary/aromatic N) is 3. The lowest BCUT2D eigenvalue weighted by Crippen LogP contribution is -2.16. The first-order valence-corrected chi connectivity index (χ1v) is 8.50. The minimum atomic E-state index is -0.496. The van der Waals surface area contributed by atoms with Crippen molar-refractivity contribution in [3.63, 3.8) is 0 Å². The van der Waals surface area contributed by atoms with Crippen LogP contribution in [0.25, 0.3) is 10.2 Å². The fourth-order valence-corrected chi connectivity index (χ4v) is 3.58. The van der Waals surface area contributed by atoms with Gasteiger partial charge < -0.3 is 4.57 Å². The number of benzene rings is 2. The number of rotatable bonds is 5. The van der Waals surface area contributed by atoms with E-state index in [2.05, 4.69) is 11.6 Å². The molecule has 0 spiro atoms. The number of fused-ring (bicyclic) bond motifs is 1. The number of carbonyl (C=O) groups is 1. The molecule has 6 nitrogen and oxygen atoms in total. The fraction of sp³-hybridized carbons (Fsp3) is 0.111. The molecule has 1 aromatic heterocycles. The molecule has 0 aliphatic heterocycles. The van der Waals surface area contributed by atoms with Gasteiger partial charge in [-0.2, -0.15) is 4.99 Å². The van der Waals surface area contributed by atoms with E-state index in [9.17, 15) is 19.3 Å². The molecule has 0 bridgehead atoms. The van der Waals surface area contributed by atoms with Crippen LogP contribution in [-0.4, -0.2) is 15.4 Å². The molecule has 0 saturated heterocycles. The molecule has 26 heavy (non-hydrogen) atoms. The van der Waals surface area contributed by atoms with Crippen molar-refractivity contribution in [3.05, 3.63) is 81.4 Å². The van der Waals surface area contributed by atoms with Gasteiger partial charge in [0.1, 0.15) is 5.82 Å². The monoisotopic (exact) mass is 371 g/mol. The van der Waals surface area contributed by atoms with Crippen molar-refractivity contribution in [3.8, 4) is 0 Å². The Balaban J connectivity index is 1.93. The molecular weight excluding hydrogens is 357 g/mol. The molecule has 2 aromatic carbocycles. The van der Waals surface area contributed by atoms with Crippen molar-refractivity contribution in [2.24, 2.45) is 4.99 Å². The number of carbonyl (C=O) groups excluding carboxylic acids is 1. The minimum absolute atomic E-state index is 0.0225. The molecule has 0 unspecified atom stereocenters. The van der Waals surface area contributed by atoms with Crippen molar-refractivity contribution < 1.29 is 14.1 Å². The van der Waals surface area contributed by atoms with E-state index in [-0.39, 0.29) is 23.8 Å². The van der Waals surface area contributed by atoms with Crippen LogP contribution >= 0.6 is 11.3 Å². The van der Waals surface area contributed by atoms with Gasteiger partial charge in [-0.3, -0.25) is 14.9 Å². The Morgan fingerprint density at radius 3 is 2.69 bits per heavy atom. The predicted octanol–water partition coefficient (Wildman–Crippen LogP) is 3.61. The van der Waals surface area contributed by atoms with Crippen molar-refractivity contribution >= 4 is 33.1 Å². The van der Waals surface area contributed by atoms with Gasteiger partial charge in [-0.25, -0.2) is 4.39 Å². The largest absolute Gasteiger partial charge is 0.313 e. The Morgan fingerprint density at radius 1 is 1.31 bits per heavy atom. The number of hydrogen-bond donors (Lipinski definition) is 0. The van der Waals surface area contributed by atoms with Crippen molar-refractivity contribution in [1.29, 1.82) is 0 Å². The van der Waals surface area contributed by atoms with E-state index in [0.717, 1.165) is 5.52 Å². The summed E-state index contributed by atoms with van der Waals surface area (Å²) < 4.78 is 15.9. The van der Waals surface area contributed by atoms with Crippen LogP contribution in [0.2, 0.25) is 0 Å². The zero-order valence-electron chi connectivity index (χ0n) is 13.6. The van der Waals surface area contributed by atoms with E-state index in [0.29, 0.717) is 21.6 Å². The third-order valence-corrected chi connectivity index (χ3v) is 4.72. The van der Waals surface area contributed by atoms with E-state index >= 15 is 0 Å². The molecule has 8 heteroatoms. The van der Waals surface area contributed by atoms with Crippen LogP contribution in [0.15, 0.2) is 60.1 Å². The molecule has 1 heterocycles. The zero-order chi connectivity index (χ0) is 18.7. The summed E-state index contributed by atoms with van der Waals surface area (Å²) in [6.45, 7) is 4.14. The lowest BCUT2D eigenvalue weighted by Gasteiger charge is -2.01. The molecule has 0 aliphatic carbocycles. The number of nitro groups is 1. The second kappa shape index (κ2) is 7.40. The SMILES string of the molecule is C=CCn1c(=NC(=O)Cc2ccc([N+](=O)[O-])cc2)sc2cc(F)ccc21. The lowest BCUT2D eigenvalue weighted by molar-refractivity contribution is -0.384. The summed E-state index contributed by atoms with van der Waals surface area (Å²) in [5, 5.41) is 10.7. The van der Waals surface area contributed by atoms with Crippen LogP contribution in [0.4, 0.5) is 10.1 Å². The number of non-ortho nitro benzene ring substituents is 1. The van der Waals surface area contributed by atoms with Crippen LogP contribution in [0.3, 0.4) is 0 Å². The van der Waals surface area contributed by atoms with E-state index in [1.807, 2.05) is 0 Å². The highest BCUT2D eigenvalue weighted by molar-refractivity contribution is 7.16. The first kappa shape index (κ1) is 17.7. The number of halogens is 1. The Labute approximate surface area is 151 Å². The highest BCUT2D eigenvalue weighted by Gasteiger charge is 2.10. The Morgan fingerprint density at radius 2 is 2.04 bits per heavy atom. The number of amides is 1. The summed E-state index contributed by atoms with van der Waals surface area (Å²) in [6, 6.07) is 10.2. The van der Waals surface area contributed by atoms with E-state index in [1.165, 1.54) is 47.7 Å². The second-order valence-electron chi connectivity index (χ2n) is 5.50. The molecule has 0 fully saturated rings. The van der Waals surface area contributed by atoms with Gasteiger partial charge in [0.05, 0.1) is 21.6 Å². The third kappa shape index (κ3) is 3.75. The summed E-state index contributed by atoms with van der Waals surface area (Å²) in [7, 11) is 0. The summed E-state index contributed by atoms with van der Waals surface area (Å²) in [5.74, 6) is -0.739. The summed E-state index contributed by atoms with van der Waals surface area (Å²) >= 11 is 1.22. The number of allylic oxidation sites excluding steroid dienone is 1. The third-order valence-electron chi connectivity index (χ3n) is 3.68. The van der Waals surface area contributed by atoms with Crippen molar-refractivity contribution in [2.45, 2.75) is 13.0 Å². The van der Waals surface area contributed by atoms with Gasteiger partial charge in [-0.05, 0) is 23.8 Å². The number of nitro benzene ring substituents is 1. The standard InChI is InChI=1S/C18H14FN3O3S/c1-2-9-21-15-8-5-13(19)11-16(15)26-18(21)20-17(23)10-12-3-6-14(7-4-12)22(24)25/h2-8,11H,1,9-10H2. The van der Waals surface area contributed by atoms with Gasteiger partial charge in [0, 0.05) is 18.7 Å². The topological polar surface area (TPSA) is 77.5 Å². The van der Waals surface area contributed by atoms with Gasteiger partial charge in [0.25, 0.3) is 11.6 Å². The Hall–Kier alpha value is -3.13. The average Bonchev–Trinajstić information content (AvgIpc) is 2.92. The molecule has 3 aromatic rings. The smallest absolute Gasteiger partial charge is 0.269 e. The first-order valence-electron chi connectivity index (χ1n) is 7.68. The van der Waals surface area contributed by atoms with Crippen LogP contribution < -0.4 is 4.80 Å². The van der Waals surface area contributed by atoms with Gasteiger partial charge in [-0.1, -0.05) is 29.5 Å². The molecule has 0 aliphatic rings. The van der Waals surface area contributed by atoms with E-state index < -0.39 is 4.92 Å². The fourth-order valence-electron chi connectivity index (χ4n) is 2.49. The second-order valence-corrected chi connectivity index (χ2v) is 6.51. The zero-order valence-corrected chi connectivity index (χ0v) is 14.4. The van der Waals surface area contributed by atoms with Gasteiger partial charge in [0.2, 0.25) is 0 Å². The highest BCUT2D eigenvalue weighted by Crippen LogP contribution is 2.19. The Kier molecular flexibility index (Phi) is 5.04. The van der Waals surface area contributed by atoms with Crippen LogP contribution in [0.5, 0.6) is 0 Å². The summed E-state index contributed by atoms with van der Waals surface area (Å²) in [6.07, 6.45) is 1.70. The van der Waals surface area contributed by atoms with Crippen LogP contribution in [0.1, 0.15) is 5.56 Å². The van der Waals surface area contributed by atoms with Crippen molar-refractivity contribution in [2.75, 3.05) is 0 Å². The maximum Gasteiger partial charge on any atom is 0.269 e. The maximum atomic E-state index is 13.4. The molecular formula is C18H14FN3O3S. The summed E-state index contributed by atoms with van der Waals surface area (Å²) in [4.78, 5) is 27.1.